The van der Waals surface area contributed by atoms with Crippen molar-refractivity contribution in [2.24, 2.45) is 20.5 Å². The third-order valence-corrected chi connectivity index (χ3v) is 3.80. The molecular formula is C20H18N8. The Morgan fingerprint density at radius 2 is 1.54 bits per heavy atom. The summed E-state index contributed by atoms with van der Waals surface area (Å²) in [6.07, 6.45) is 2.50. The zero-order valence-electron chi connectivity index (χ0n) is 15.5. The molecule has 138 valence electrons. The molecule has 1 heterocycles. The van der Waals surface area contributed by atoms with E-state index in [1.165, 1.54) is 0 Å². The van der Waals surface area contributed by atoms with E-state index in [4.69, 9.17) is 5.26 Å². The Kier molecular flexibility index (Phi) is 6.10. The van der Waals surface area contributed by atoms with Gasteiger partial charge in [-0.3, -0.25) is 0 Å². The van der Waals surface area contributed by atoms with Crippen LogP contribution in [0.25, 0.3) is 0 Å². The Morgan fingerprint density at radius 3 is 2.14 bits per heavy atom. The summed E-state index contributed by atoms with van der Waals surface area (Å²) in [7, 11) is 3.95. The molecule has 0 saturated heterocycles. The minimum Gasteiger partial charge on any atom is -0.378 e. The van der Waals surface area contributed by atoms with Crippen LogP contribution in [-0.4, -0.2) is 24.1 Å². The van der Waals surface area contributed by atoms with Crippen molar-refractivity contribution in [3.8, 4) is 6.07 Å². The zero-order chi connectivity index (χ0) is 19.8. The van der Waals surface area contributed by atoms with Crippen LogP contribution in [0.5, 0.6) is 0 Å². The first kappa shape index (κ1) is 18.8. The van der Waals surface area contributed by atoms with Crippen LogP contribution >= 0.6 is 0 Å². The van der Waals surface area contributed by atoms with Gasteiger partial charge in [-0.15, -0.1) is 5.11 Å². The van der Waals surface area contributed by atoms with Gasteiger partial charge < -0.3 is 4.90 Å². The van der Waals surface area contributed by atoms with Crippen LogP contribution in [0.4, 0.5) is 17.3 Å². The number of hydrogen-bond donors (Lipinski definition) is 0. The Labute approximate surface area is 162 Å². The Bertz CT molecular complexity index is 987. The molecule has 1 atom stereocenters. The van der Waals surface area contributed by atoms with Gasteiger partial charge in [-0.2, -0.15) is 20.6 Å². The molecule has 0 aliphatic heterocycles. The first-order valence-corrected chi connectivity index (χ1v) is 8.52. The molecule has 1 aromatic heterocycles. The molecule has 8 heteroatoms. The standard InChI is InChI=1S/C20H18N8/c1-28(2)18-10-8-17(9-11-18)24-25-19(16-6-4-15(14-21)5-7-16)26-27-20-22-12-3-13-23-20/h3-13,19H,1-2H3. The lowest BCUT2D eigenvalue weighted by atomic mass is 10.1. The van der Waals surface area contributed by atoms with Crippen LogP contribution in [0.2, 0.25) is 0 Å². The molecule has 28 heavy (non-hydrogen) atoms. The molecule has 0 aliphatic rings. The first-order chi connectivity index (χ1) is 13.7. The fraction of sp³-hybridized carbons (Fsp3) is 0.150. The average molecular weight is 370 g/mol. The van der Waals surface area contributed by atoms with E-state index in [2.05, 4.69) is 36.5 Å². The van der Waals surface area contributed by atoms with Crippen molar-refractivity contribution in [2.75, 3.05) is 19.0 Å². The largest absolute Gasteiger partial charge is 0.378 e. The van der Waals surface area contributed by atoms with E-state index in [1.54, 1.807) is 42.7 Å². The van der Waals surface area contributed by atoms with Gasteiger partial charge in [-0.1, -0.05) is 12.1 Å². The molecule has 0 spiro atoms. The number of aromatic nitrogens is 2. The molecule has 2 aromatic carbocycles. The van der Waals surface area contributed by atoms with E-state index in [0.717, 1.165) is 11.3 Å². The summed E-state index contributed by atoms with van der Waals surface area (Å²) in [5.41, 5.74) is 3.09. The Morgan fingerprint density at radius 1 is 0.893 bits per heavy atom. The number of hydrogen-bond acceptors (Lipinski definition) is 8. The van der Waals surface area contributed by atoms with E-state index in [9.17, 15) is 0 Å². The van der Waals surface area contributed by atoms with Gasteiger partial charge in [0.25, 0.3) is 5.95 Å². The van der Waals surface area contributed by atoms with Crippen molar-refractivity contribution in [3.63, 3.8) is 0 Å². The van der Waals surface area contributed by atoms with Crippen LogP contribution in [0, 0.1) is 11.3 Å². The second-order valence-corrected chi connectivity index (χ2v) is 6.00. The van der Waals surface area contributed by atoms with Crippen molar-refractivity contribution in [2.45, 2.75) is 6.17 Å². The molecule has 1 unspecified atom stereocenters. The molecule has 0 amide bonds. The fourth-order valence-electron chi connectivity index (χ4n) is 2.27. The molecular weight excluding hydrogens is 352 g/mol. The van der Waals surface area contributed by atoms with Gasteiger partial charge in [-0.05, 0) is 42.5 Å². The van der Waals surface area contributed by atoms with E-state index in [-0.39, 0.29) is 5.95 Å². The number of nitriles is 1. The van der Waals surface area contributed by atoms with Crippen LogP contribution in [0.15, 0.2) is 87.4 Å². The Hall–Kier alpha value is -3.99. The third kappa shape index (κ3) is 5.02. The summed E-state index contributed by atoms with van der Waals surface area (Å²) >= 11 is 0. The van der Waals surface area contributed by atoms with Crippen LogP contribution < -0.4 is 4.90 Å². The normalized spacial score (nSPS) is 12.2. The average Bonchev–Trinajstić information content (AvgIpc) is 2.75. The van der Waals surface area contributed by atoms with E-state index >= 15 is 0 Å². The fourth-order valence-corrected chi connectivity index (χ4v) is 2.27. The van der Waals surface area contributed by atoms with Crippen LogP contribution in [0.3, 0.4) is 0 Å². The number of benzene rings is 2. The summed E-state index contributed by atoms with van der Waals surface area (Å²) in [5, 5.41) is 25.9. The monoisotopic (exact) mass is 370 g/mol. The van der Waals surface area contributed by atoms with Crippen LogP contribution in [0.1, 0.15) is 17.3 Å². The lowest BCUT2D eigenvalue weighted by Crippen LogP contribution is -2.07. The van der Waals surface area contributed by atoms with E-state index in [1.807, 2.05) is 43.3 Å². The van der Waals surface area contributed by atoms with Gasteiger partial charge in [0.1, 0.15) is 0 Å². The maximum absolute atomic E-state index is 8.98. The highest BCUT2D eigenvalue weighted by Crippen LogP contribution is 2.25. The SMILES string of the molecule is CN(C)c1ccc(N=NC(N=Nc2ncccn2)c2ccc(C#N)cc2)cc1. The highest BCUT2D eigenvalue weighted by molar-refractivity contribution is 5.51. The summed E-state index contributed by atoms with van der Waals surface area (Å²) in [6.45, 7) is 0. The summed E-state index contributed by atoms with van der Waals surface area (Å²) in [6, 6.07) is 18.5. The smallest absolute Gasteiger partial charge is 0.268 e. The molecule has 8 nitrogen and oxygen atoms in total. The summed E-state index contributed by atoms with van der Waals surface area (Å²) < 4.78 is 0. The quantitative estimate of drug-likeness (QED) is 0.571. The predicted molar refractivity (Wildman–Crippen MR) is 106 cm³/mol. The van der Waals surface area contributed by atoms with Crippen LogP contribution in [-0.2, 0) is 0 Å². The molecule has 3 aromatic rings. The molecule has 0 saturated carbocycles. The molecule has 3 rings (SSSR count). The predicted octanol–water partition coefficient (Wildman–Crippen LogP) is 4.98. The minimum absolute atomic E-state index is 0.242. The maximum Gasteiger partial charge on any atom is 0.268 e. The second-order valence-electron chi connectivity index (χ2n) is 6.00. The number of azo groups is 2. The topological polar surface area (TPSA) is 102 Å². The van der Waals surface area contributed by atoms with Gasteiger partial charge in [0.2, 0.25) is 6.17 Å². The van der Waals surface area contributed by atoms with Crippen molar-refractivity contribution in [1.82, 2.24) is 9.97 Å². The van der Waals surface area contributed by atoms with Crippen molar-refractivity contribution in [3.05, 3.63) is 78.1 Å². The second kappa shape index (κ2) is 9.09. The Balaban J connectivity index is 1.86. The first-order valence-electron chi connectivity index (χ1n) is 8.52. The van der Waals surface area contributed by atoms with Crippen molar-refractivity contribution >= 4 is 17.3 Å². The lowest BCUT2D eigenvalue weighted by molar-refractivity contribution is 0.684. The third-order valence-electron chi connectivity index (χ3n) is 3.80. The van der Waals surface area contributed by atoms with Crippen molar-refractivity contribution < 1.29 is 0 Å². The van der Waals surface area contributed by atoms with Gasteiger partial charge in [-0.25, -0.2) is 9.97 Å². The van der Waals surface area contributed by atoms with E-state index in [0.29, 0.717) is 11.3 Å². The molecule has 0 bridgehead atoms. The zero-order valence-corrected chi connectivity index (χ0v) is 15.5. The maximum atomic E-state index is 8.98. The molecule has 0 fully saturated rings. The van der Waals surface area contributed by atoms with Gasteiger partial charge >= 0.3 is 0 Å². The summed E-state index contributed by atoms with van der Waals surface area (Å²) in [5.74, 6) is 0.242. The van der Waals surface area contributed by atoms with Gasteiger partial charge in [0, 0.05) is 37.7 Å². The molecule has 0 radical (unpaired) electrons. The lowest BCUT2D eigenvalue weighted by Gasteiger charge is -2.11. The highest BCUT2D eigenvalue weighted by Gasteiger charge is 2.10. The minimum atomic E-state index is -0.676. The van der Waals surface area contributed by atoms with Crippen molar-refractivity contribution in [1.29, 1.82) is 5.26 Å². The van der Waals surface area contributed by atoms with Gasteiger partial charge in [0.15, 0.2) is 0 Å². The summed E-state index contributed by atoms with van der Waals surface area (Å²) in [4.78, 5) is 10.1. The van der Waals surface area contributed by atoms with Gasteiger partial charge in [0.05, 0.1) is 17.3 Å². The number of anilines is 1. The molecule has 0 aliphatic carbocycles. The van der Waals surface area contributed by atoms with E-state index < -0.39 is 6.17 Å². The molecule has 0 N–H and O–H groups in total. The number of nitrogens with zero attached hydrogens (tertiary/aromatic N) is 8. The number of rotatable bonds is 6. The highest BCUT2D eigenvalue weighted by atomic mass is 15.3.